The highest BCUT2D eigenvalue weighted by Gasteiger charge is 2.21. The highest BCUT2D eigenvalue weighted by atomic mass is 19.2. The Kier molecular flexibility index (Phi) is 4.24. The first-order chi connectivity index (χ1) is 10.2. The van der Waals surface area contributed by atoms with E-state index in [1.807, 2.05) is 10.9 Å². The van der Waals surface area contributed by atoms with Gasteiger partial charge in [-0.3, -0.25) is 0 Å². The number of hydrogen-bond donors (Lipinski definition) is 0. The number of rotatable bonds is 4. The van der Waals surface area contributed by atoms with Crippen LogP contribution in [0.5, 0.6) is 0 Å². The van der Waals surface area contributed by atoms with Gasteiger partial charge in [0.15, 0.2) is 11.6 Å². The third-order valence-electron chi connectivity index (χ3n) is 4.00. The van der Waals surface area contributed by atoms with Crippen LogP contribution in [-0.4, -0.2) is 39.5 Å². The molecule has 0 radical (unpaired) electrons. The van der Waals surface area contributed by atoms with Crippen LogP contribution >= 0.6 is 0 Å². The van der Waals surface area contributed by atoms with E-state index in [-0.39, 0.29) is 0 Å². The van der Waals surface area contributed by atoms with Gasteiger partial charge in [-0.2, -0.15) is 0 Å². The van der Waals surface area contributed by atoms with E-state index in [1.54, 1.807) is 12.3 Å². The lowest BCUT2D eigenvalue weighted by Crippen LogP contribution is -2.38. The molecule has 2 heterocycles. The Bertz CT molecular complexity index is 585. The number of nitrogens with zero attached hydrogens (tertiary/aromatic N) is 4. The average molecular weight is 292 g/mol. The first kappa shape index (κ1) is 14.1. The molecular formula is C15H18F2N4. The van der Waals surface area contributed by atoms with Crippen molar-refractivity contribution in [1.29, 1.82) is 0 Å². The molecule has 3 rings (SSSR count). The summed E-state index contributed by atoms with van der Waals surface area (Å²) >= 11 is 0. The van der Waals surface area contributed by atoms with Gasteiger partial charge in [-0.15, -0.1) is 5.10 Å². The van der Waals surface area contributed by atoms with E-state index in [4.69, 9.17) is 0 Å². The molecule has 1 aromatic carbocycles. The fourth-order valence-electron chi connectivity index (χ4n) is 2.84. The number of aromatic nitrogens is 3. The van der Waals surface area contributed by atoms with Crippen LogP contribution in [0.1, 0.15) is 24.4 Å². The number of benzene rings is 1. The van der Waals surface area contributed by atoms with Crippen molar-refractivity contribution >= 4 is 0 Å². The predicted molar refractivity (Wildman–Crippen MR) is 74.8 cm³/mol. The Morgan fingerprint density at radius 3 is 2.90 bits per heavy atom. The summed E-state index contributed by atoms with van der Waals surface area (Å²) in [7, 11) is 0. The average Bonchev–Trinajstić information content (AvgIpc) is 3.03. The van der Waals surface area contributed by atoms with Crippen LogP contribution in [-0.2, 0) is 6.42 Å². The second-order valence-corrected chi connectivity index (χ2v) is 5.48. The van der Waals surface area contributed by atoms with Crippen molar-refractivity contribution in [1.82, 2.24) is 19.9 Å². The van der Waals surface area contributed by atoms with Gasteiger partial charge in [-0.25, -0.2) is 13.5 Å². The van der Waals surface area contributed by atoms with E-state index in [2.05, 4.69) is 15.2 Å². The summed E-state index contributed by atoms with van der Waals surface area (Å²) in [5.41, 5.74) is 0.830. The van der Waals surface area contributed by atoms with Crippen LogP contribution in [0.3, 0.4) is 0 Å². The Balaban J connectivity index is 1.56. The van der Waals surface area contributed by atoms with Crippen molar-refractivity contribution in [3.63, 3.8) is 0 Å². The van der Waals surface area contributed by atoms with E-state index < -0.39 is 11.6 Å². The van der Waals surface area contributed by atoms with Crippen molar-refractivity contribution in [2.24, 2.45) is 0 Å². The van der Waals surface area contributed by atoms with Crippen LogP contribution in [0.4, 0.5) is 8.78 Å². The van der Waals surface area contributed by atoms with Gasteiger partial charge in [-0.1, -0.05) is 11.3 Å². The van der Waals surface area contributed by atoms with Crippen LogP contribution < -0.4 is 0 Å². The van der Waals surface area contributed by atoms with Gasteiger partial charge in [0.05, 0.1) is 12.2 Å². The second-order valence-electron chi connectivity index (χ2n) is 5.48. The topological polar surface area (TPSA) is 34.0 Å². The molecule has 112 valence electrons. The fourth-order valence-corrected chi connectivity index (χ4v) is 2.84. The van der Waals surface area contributed by atoms with E-state index >= 15 is 0 Å². The molecule has 4 nitrogen and oxygen atoms in total. The molecule has 0 amide bonds. The van der Waals surface area contributed by atoms with Gasteiger partial charge >= 0.3 is 0 Å². The first-order valence-corrected chi connectivity index (χ1v) is 7.24. The van der Waals surface area contributed by atoms with Gasteiger partial charge in [0.1, 0.15) is 0 Å². The lowest BCUT2D eigenvalue weighted by molar-refractivity contribution is 0.170. The molecule has 1 aliphatic rings. The third-order valence-corrected chi connectivity index (χ3v) is 4.00. The molecule has 1 aromatic heterocycles. The molecular weight excluding hydrogens is 274 g/mol. The van der Waals surface area contributed by atoms with E-state index in [0.29, 0.717) is 6.04 Å². The van der Waals surface area contributed by atoms with Gasteiger partial charge < -0.3 is 4.90 Å². The minimum atomic E-state index is -0.789. The summed E-state index contributed by atoms with van der Waals surface area (Å²) in [6.07, 6.45) is 6.53. The second kappa shape index (κ2) is 6.30. The Morgan fingerprint density at radius 1 is 1.24 bits per heavy atom. The summed E-state index contributed by atoms with van der Waals surface area (Å²) in [6.45, 7) is 2.80. The maximum Gasteiger partial charge on any atom is 0.159 e. The molecule has 1 aliphatic heterocycles. The maximum absolute atomic E-state index is 13.2. The largest absolute Gasteiger partial charge is 0.301 e. The highest BCUT2D eigenvalue weighted by molar-refractivity contribution is 5.18. The summed E-state index contributed by atoms with van der Waals surface area (Å²) in [6, 6.07) is 4.48. The van der Waals surface area contributed by atoms with Crippen molar-refractivity contribution in [3.8, 4) is 0 Å². The maximum atomic E-state index is 13.2. The zero-order valence-electron chi connectivity index (χ0n) is 11.8. The predicted octanol–water partition coefficient (Wildman–Crippen LogP) is 2.44. The zero-order chi connectivity index (χ0) is 14.7. The van der Waals surface area contributed by atoms with Crippen molar-refractivity contribution < 1.29 is 8.78 Å². The Morgan fingerprint density at radius 2 is 2.14 bits per heavy atom. The number of likely N-dealkylation sites (tertiary alicyclic amines) is 1. The molecule has 0 N–H and O–H groups in total. The fraction of sp³-hybridized carbons (Fsp3) is 0.467. The summed E-state index contributed by atoms with van der Waals surface area (Å²) < 4.78 is 28.0. The summed E-state index contributed by atoms with van der Waals surface area (Å²) in [5.74, 6) is -1.56. The molecule has 6 heteroatoms. The quantitative estimate of drug-likeness (QED) is 0.868. The molecule has 21 heavy (non-hydrogen) atoms. The minimum absolute atomic E-state index is 0.353. The number of halogens is 2. The summed E-state index contributed by atoms with van der Waals surface area (Å²) in [4.78, 5) is 2.34. The molecule has 1 unspecified atom stereocenters. The van der Waals surface area contributed by atoms with Gasteiger partial charge in [0.25, 0.3) is 0 Å². The van der Waals surface area contributed by atoms with Gasteiger partial charge in [0.2, 0.25) is 0 Å². The van der Waals surface area contributed by atoms with Crippen LogP contribution in [0.25, 0.3) is 0 Å². The van der Waals surface area contributed by atoms with E-state index in [9.17, 15) is 8.78 Å². The van der Waals surface area contributed by atoms with E-state index in [1.165, 1.54) is 12.1 Å². The van der Waals surface area contributed by atoms with Crippen LogP contribution in [0.2, 0.25) is 0 Å². The standard InChI is InChI=1S/C15H18F2N4/c16-14-4-3-12(10-15(14)17)5-8-20-7-1-2-13(11-20)21-9-6-18-19-21/h3-4,6,9-10,13H,1-2,5,7-8,11H2. The molecule has 1 atom stereocenters. The van der Waals surface area contributed by atoms with Crippen molar-refractivity contribution in [2.45, 2.75) is 25.3 Å². The normalized spacial score (nSPS) is 19.8. The Hall–Kier alpha value is -1.82. The molecule has 0 spiro atoms. The molecule has 1 saturated heterocycles. The highest BCUT2D eigenvalue weighted by Crippen LogP contribution is 2.20. The van der Waals surface area contributed by atoms with Gasteiger partial charge in [0, 0.05) is 19.3 Å². The zero-order valence-corrected chi connectivity index (χ0v) is 11.8. The molecule has 0 aliphatic carbocycles. The smallest absolute Gasteiger partial charge is 0.159 e. The monoisotopic (exact) mass is 292 g/mol. The van der Waals surface area contributed by atoms with Crippen LogP contribution in [0, 0.1) is 11.6 Å². The van der Waals surface area contributed by atoms with Crippen molar-refractivity contribution in [3.05, 3.63) is 47.8 Å². The third kappa shape index (κ3) is 3.44. The summed E-state index contributed by atoms with van der Waals surface area (Å²) in [5, 5.41) is 7.91. The lowest BCUT2D eigenvalue weighted by atomic mass is 10.0. The minimum Gasteiger partial charge on any atom is -0.301 e. The lowest BCUT2D eigenvalue weighted by Gasteiger charge is -2.32. The molecule has 0 saturated carbocycles. The molecule has 0 bridgehead atoms. The first-order valence-electron chi connectivity index (χ1n) is 7.24. The van der Waals surface area contributed by atoms with Gasteiger partial charge in [-0.05, 0) is 43.5 Å². The molecule has 1 fully saturated rings. The number of piperidine rings is 1. The van der Waals surface area contributed by atoms with E-state index in [0.717, 1.165) is 44.5 Å². The van der Waals surface area contributed by atoms with Crippen molar-refractivity contribution in [2.75, 3.05) is 19.6 Å². The van der Waals surface area contributed by atoms with Crippen LogP contribution in [0.15, 0.2) is 30.6 Å². The SMILES string of the molecule is Fc1ccc(CCN2CCCC(n3ccnn3)C2)cc1F. The Labute approximate surface area is 122 Å². The molecule has 2 aromatic rings. The number of hydrogen-bond acceptors (Lipinski definition) is 3.